The van der Waals surface area contributed by atoms with Crippen LogP contribution in [0.15, 0.2) is 48.7 Å². The molecule has 1 N–H and O–H groups in total. The second-order valence-electron chi connectivity index (χ2n) is 3.97. The fourth-order valence-corrected chi connectivity index (χ4v) is 1.78. The van der Waals surface area contributed by atoms with Crippen molar-refractivity contribution < 1.29 is 4.79 Å². The van der Waals surface area contributed by atoms with Crippen molar-refractivity contribution in [2.45, 2.75) is 13.0 Å². The zero-order chi connectivity index (χ0) is 13.0. The maximum Gasteiger partial charge on any atom is 0.270 e. The minimum Gasteiger partial charge on any atom is -0.344 e. The number of halogens is 1. The topological polar surface area (TPSA) is 42.0 Å². The summed E-state index contributed by atoms with van der Waals surface area (Å²) in [5, 5.41) is 3.38. The highest BCUT2D eigenvalue weighted by Gasteiger charge is 2.12. The summed E-state index contributed by atoms with van der Waals surface area (Å²) in [7, 11) is 0. The number of hydrogen-bond acceptors (Lipinski definition) is 2. The minimum absolute atomic E-state index is 0.0699. The lowest BCUT2D eigenvalue weighted by molar-refractivity contribution is 0.0935. The van der Waals surface area contributed by atoms with E-state index < -0.39 is 0 Å². The van der Waals surface area contributed by atoms with Gasteiger partial charge in [-0.05, 0) is 24.6 Å². The third kappa shape index (κ3) is 3.08. The van der Waals surface area contributed by atoms with Gasteiger partial charge in [0, 0.05) is 11.2 Å². The van der Waals surface area contributed by atoms with Crippen molar-refractivity contribution in [1.29, 1.82) is 0 Å². The molecule has 1 aromatic heterocycles. The first-order chi connectivity index (χ1) is 8.66. The summed E-state index contributed by atoms with van der Waals surface area (Å²) in [6.45, 7) is 1.93. The Morgan fingerprint density at radius 2 is 2.00 bits per heavy atom. The van der Waals surface area contributed by atoms with E-state index in [4.69, 9.17) is 11.6 Å². The second-order valence-corrected chi connectivity index (χ2v) is 4.40. The predicted molar refractivity (Wildman–Crippen MR) is 71.6 cm³/mol. The van der Waals surface area contributed by atoms with Crippen LogP contribution in [0, 0.1) is 0 Å². The van der Waals surface area contributed by atoms with Crippen molar-refractivity contribution in [3.05, 3.63) is 64.9 Å². The Balaban J connectivity index is 2.08. The molecule has 1 atom stereocenters. The molecule has 0 bridgehead atoms. The summed E-state index contributed by atoms with van der Waals surface area (Å²) in [4.78, 5) is 15.9. The molecule has 0 radical (unpaired) electrons. The van der Waals surface area contributed by atoms with E-state index in [1.54, 1.807) is 12.1 Å². The number of benzene rings is 1. The van der Waals surface area contributed by atoms with E-state index in [2.05, 4.69) is 10.3 Å². The van der Waals surface area contributed by atoms with Gasteiger partial charge in [-0.25, -0.2) is 0 Å². The maximum absolute atomic E-state index is 11.9. The van der Waals surface area contributed by atoms with Crippen LogP contribution in [0.1, 0.15) is 29.0 Å². The third-order valence-electron chi connectivity index (χ3n) is 2.60. The predicted octanol–water partition coefficient (Wildman–Crippen LogP) is 3.23. The van der Waals surface area contributed by atoms with E-state index in [0.717, 1.165) is 5.56 Å². The Morgan fingerprint density at radius 3 is 2.67 bits per heavy atom. The molecular weight excluding hydrogens is 248 g/mol. The molecule has 0 fully saturated rings. The van der Waals surface area contributed by atoms with Gasteiger partial charge in [-0.1, -0.05) is 41.9 Å². The summed E-state index contributed by atoms with van der Waals surface area (Å²) in [6, 6.07) is 12.9. The van der Waals surface area contributed by atoms with Crippen LogP contribution < -0.4 is 5.32 Å². The number of rotatable bonds is 3. The van der Waals surface area contributed by atoms with Crippen LogP contribution in [-0.2, 0) is 0 Å². The first-order valence-corrected chi connectivity index (χ1v) is 6.02. The van der Waals surface area contributed by atoms with Crippen LogP contribution in [0.25, 0.3) is 0 Å². The van der Waals surface area contributed by atoms with Crippen molar-refractivity contribution in [2.75, 3.05) is 0 Å². The molecule has 2 aromatic rings. The Hall–Kier alpha value is -1.87. The number of hydrogen-bond donors (Lipinski definition) is 1. The summed E-state index contributed by atoms with van der Waals surface area (Å²) >= 11 is 5.82. The highest BCUT2D eigenvalue weighted by molar-refractivity contribution is 6.30. The highest BCUT2D eigenvalue weighted by Crippen LogP contribution is 2.13. The molecule has 3 nitrogen and oxygen atoms in total. The molecule has 1 aromatic carbocycles. The zero-order valence-electron chi connectivity index (χ0n) is 9.93. The first-order valence-electron chi connectivity index (χ1n) is 5.64. The number of nitrogens with one attached hydrogen (secondary N) is 1. The quantitative estimate of drug-likeness (QED) is 0.921. The minimum atomic E-state index is -0.228. The van der Waals surface area contributed by atoms with Gasteiger partial charge < -0.3 is 5.32 Å². The molecule has 92 valence electrons. The fourth-order valence-electron chi connectivity index (χ4n) is 1.62. The van der Waals surface area contributed by atoms with Crippen molar-refractivity contribution in [3.8, 4) is 0 Å². The number of amides is 1. The van der Waals surface area contributed by atoms with Gasteiger partial charge in [-0.15, -0.1) is 0 Å². The number of nitrogens with zero attached hydrogens (tertiary/aromatic N) is 1. The summed E-state index contributed by atoms with van der Waals surface area (Å²) in [6.07, 6.45) is 1.52. The lowest BCUT2D eigenvalue weighted by atomic mass is 10.1. The maximum atomic E-state index is 11.9. The molecule has 0 saturated carbocycles. The molecule has 0 aliphatic heterocycles. The van der Waals surface area contributed by atoms with Crippen molar-refractivity contribution >= 4 is 17.5 Å². The van der Waals surface area contributed by atoms with Crippen LogP contribution in [0.2, 0.25) is 5.02 Å². The number of aromatic nitrogens is 1. The van der Waals surface area contributed by atoms with Crippen LogP contribution >= 0.6 is 11.6 Å². The van der Waals surface area contributed by atoms with Gasteiger partial charge in [-0.2, -0.15) is 0 Å². The highest BCUT2D eigenvalue weighted by atomic mass is 35.5. The summed E-state index contributed by atoms with van der Waals surface area (Å²) in [5.41, 5.74) is 1.37. The Morgan fingerprint density at radius 1 is 1.28 bits per heavy atom. The molecule has 0 spiro atoms. The lowest BCUT2D eigenvalue weighted by Crippen LogP contribution is -2.27. The average Bonchev–Trinajstić information content (AvgIpc) is 2.39. The van der Waals surface area contributed by atoms with E-state index >= 15 is 0 Å². The Bertz CT molecular complexity index is 543. The molecule has 2 rings (SSSR count). The van der Waals surface area contributed by atoms with Crippen LogP contribution in [-0.4, -0.2) is 10.9 Å². The molecule has 1 amide bonds. The zero-order valence-corrected chi connectivity index (χ0v) is 10.7. The van der Waals surface area contributed by atoms with E-state index in [9.17, 15) is 4.79 Å². The van der Waals surface area contributed by atoms with Gasteiger partial charge in [0.05, 0.1) is 6.04 Å². The second kappa shape index (κ2) is 5.65. The number of pyridine rings is 1. The van der Waals surface area contributed by atoms with Gasteiger partial charge in [0.25, 0.3) is 5.91 Å². The van der Waals surface area contributed by atoms with Crippen molar-refractivity contribution in [1.82, 2.24) is 10.3 Å². The molecule has 4 heteroatoms. The normalized spacial score (nSPS) is 11.9. The van der Waals surface area contributed by atoms with Crippen LogP contribution in [0.3, 0.4) is 0 Å². The molecule has 1 unspecified atom stereocenters. The third-order valence-corrected chi connectivity index (χ3v) is 2.84. The standard InChI is InChI=1S/C14H13ClN2O/c1-10(11-5-3-2-4-6-11)17-14(18)13-9-12(15)7-8-16-13/h2-10H,1H3,(H,17,18). The van der Waals surface area contributed by atoms with Gasteiger partial charge in [-0.3, -0.25) is 9.78 Å². The van der Waals surface area contributed by atoms with Gasteiger partial charge >= 0.3 is 0 Å². The number of carbonyl (C=O) groups excluding carboxylic acids is 1. The van der Waals surface area contributed by atoms with Crippen molar-refractivity contribution in [2.24, 2.45) is 0 Å². The average molecular weight is 261 g/mol. The Labute approximate surface area is 111 Å². The van der Waals surface area contributed by atoms with E-state index in [-0.39, 0.29) is 11.9 Å². The number of carbonyl (C=O) groups is 1. The Kier molecular flexibility index (Phi) is 3.95. The smallest absolute Gasteiger partial charge is 0.270 e. The van der Waals surface area contributed by atoms with Crippen LogP contribution in [0.5, 0.6) is 0 Å². The molecule has 0 aliphatic carbocycles. The molecule has 18 heavy (non-hydrogen) atoms. The molecular formula is C14H13ClN2O. The largest absolute Gasteiger partial charge is 0.344 e. The fraction of sp³-hybridized carbons (Fsp3) is 0.143. The molecule has 0 aliphatic rings. The van der Waals surface area contributed by atoms with Gasteiger partial charge in [0.2, 0.25) is 0 Å². The van der Waals surface area contributed by atoms with Gasteiger partial charge in [0.15, 0.2) is 0 Å². The molecule has 1 heterocycles. The lowest BCUT2D eigenvalue weighted by Gasteiger charge is -2.13. The van der Waals surface area contributed by atoms with Gasteiger partial charge in [0.1, 0.15) is 5.69 Å². The summed E-state index contributed by atoms with van der Waals surface area (Å²) in [5.74, 6) is -0.228. The van der Waals surface area contributed by atoms with E-state index in [1.807, 2.05) is 37.3 Å². The summed E-state index contributed by atoms with van der Waals surface area (Å²) < 4.78 is 0. The van der Waals surface area contributed by atoms with Crippen molar-refractivity contribution in [3.63, 3.8) is 0 Å². The van der Waals surface area contributed by atoms with E-state index in [1.165, 1.54) is 6.20 Å². The van der Waals surface area contributed by atoms with Crippen LogP contribution in [0.4, 0.5) is 0 Å². The van der Waals surface area contributed by atoms with E-state index in [0.29, 0.717) is 10.7 Å². The SMILES string of the molecule is CC(NC(=O)c1cc(Cl)ccn1)c1ccccc1. The first kappa shape index (κ1) is 12.6. The monoisotopic (exact) mass is 260 g/mol. The molecule has 0 saturated heterocycles.